The van der Waals surface area contributed by atoms with Crippen LogP contribution in [0.3, 0.4) is 0 Å². The molecule has 0 spiro atoms. The minimum absolute atomic E-state index is 0.110. The Morgan fingerprint density at radius 3 is 2.66 bits per heavy atom. The van der Waals surface area contributed by atoms with Crippen molar-refractivity contribution in [3.8, 4) is 0 Å². The van der Waals surface area contributed by atoms with Gasteiger partial charge in [0.05, 0.1) is 5.75 Å². The number of amides is 1. The van der Waals surface area contributed by atoms with E-state index in [4.69, 9.17) is 0 Å². The summed E-state index contributed by atoms with van der Waals surface area (Å²) in [6, 6.07) is 6.00. The molecule has 1 fully saturated rings. The van der Waals surface area contributed by atoms with Crippen LogP contribution in [0.1, 0.15) is 32.3 Å². The number of anilines is 1. The lowest BCUT2D eigenvalue weighted by Gasteiger charge is -2.29. The van der Waals surface area contributed by atoms with Crippen molar-refractivity contribution in [3.05, 3.63) is 46.0 Å². The number of nitrogens with one attached hydrogen (secondary N) is 1. The van der Waals surface area contributed by atoms with Gasteiger partial charge in [-0.3, -0.25) is 14.2 Å². The molecule has 1 amide bonds. The van der Waals surface area contributed by atoms with Crippen molar-refractivity contribution < 1.29 is 9.18 Å². The molecule has 170 valence electrons. The summed E-state index contributed by atoms with van der Waals surface area (Å²) in [7, 11) is 0. The van der Waals surface area contributed by atoms with Crippen molar-refractivity contribution in [3.63, 3.8) is 0 Å². The molecule has 4 rings (SSSR count). The standard InChI is InChI=1S/C22H26FN5O2S2/c1-3-28-20(30)18-19(25-21(32-18)27-10-8-14(2)9-11-27)26-22(28)31-13-17(29)24-12-15-4-6-16(23)7-5-15/h4-7,14H,3,8-13H2,1-2H3,(H,24,29). The van der Waals surface area contributed by atoms with E-state index in [0.29, 0.717) is 34.5 Å². The topological polar surface area (TPSA) is 80.1 Å². The second kappa shape index (κ2) is 9.99. The van der Waals surface area contributed by atoms with E-state index in [1.165, 1.54) is 35.2 Å². The first-order valence-corrected chi connectivity index (χ1v) is 12.5. The van der Waals surface area contributed by atoms with Crippen LogP contribution < -0.4 is 15.8 Å². The average Bonchev–Trinajstić information content (AvgIpc) is 3.22. The lowest BCUT2D eigenvalue weighted by atomic mass is 10.00. The first-order valence-electron chi connectivity index (χ1n) is 10.7. The van der Waals surface area contributed by atoms with Crippen LogP contribution in [0.4, 0.5) is 9.52 Å². The third kappa shape index (κ3) is 5.12. The van der Waals surface area contributed by atoms with Gasteiger partial charge in [0.25, 0.3) is 5.56 Å². The average molecular weight is 476 g/mol. The molecule has 0 radical (unpaired) electrons. The number of aromatic nitrogens is 3. The number of benzene rings is 1. The van der Waals surface area contributed by atoms with Gasteiger partial charge in [-0.25, -0.2) is 9.37 Å². The molecule has 3 heterocycles. The van der Waals surface area contributed by atoms with Gasteiger partial charge in [0.1, 0.15) is 10.5 Å². The third-order valence-corrected chi connectivity index (χ3v) is 7.65. The van der Waals surface area contributed by atoms with Crippen molar-refractivity contribution in [2.45, 2.75) is 44.9 Å². The molecular weight excluding hydrogens is 449 g/mol. The molecule has 1 aliphatic heterocycles. The molecule has 1 N–H and O–H groups in total. The van der Waals surface area contributed by atoms with Crippen LogP contribution in [0.15, 0.2) is 34.2 Å². The summed E-state index contributed by atoms with van der Waals surface area (Å²) in [5, 5.41) is 4.15. The van der Waals surface area contributed by atoms with Gasteiger partial charge in [0.15, 0.2) is 15.9 Å². The molecule has 0 unspecified atom stereocenters. The SMILES string of the molecule is CCn1c(SCC(=O)NCc2ccc(F)cc2)nc2nc(N3CCC(C)CC3)sc2c1=O. The summed E-state index contributed by atoms with van der Waals surface area (Å²) in [5.41, 5.74) is 1.16. The number of thiazole rings is 1. The predicted octanol–water partition coefficient (Wildman–Crippen LogP) is 3.66. The Labute approximate surface area is 194 Å². The second-order valence-electron chi connectivity index (χ2n) is 7.95. The van der Waals surface area contributed by atoms with Gasteiger partial charge >= 0.3 is 0 Å². The Hall–Kier alpha value is -2.46. The molecule has 2 aromatic heterocycles. The first kappa shape index (κ1) is 22.7. The molecule has 7 nitrogen and oxygen atoms in total. The van der Waals surface area contributed by atoms with Gasteiger partial charge in [-0.2, -0.15) is 4.98 Å². The van der Waals surface area contributed by atoms with Crippen LogP contribution >= 0.6 is 23.1 Å². The van der Waals surface area contributed by atoms with Gasteiger partial charge in [-0.15, -0.1) is 0 Å². The fraction of sp³-hybridized carbons (Fsp3) is 0.455. The molecule has 1 aliphatic rings. The van der Waals surface area contributed by atoms with Crippen molar-refractivity contribution >= 4 is 44.5 Å². The van der Waals surface area contributed by atoms with Gasteiger partial charge in [0, 0.05) is 26.2 Å². The number of piperidine rings is 1. The number of carbonyl (C=O) groups excluding carboxylic acids is 1. The highest BCUT2D eigenvalue weighted by Gasteiger charge is 2.22. The van der Waals surface area contributed by atoms with E-state index in [1.807, 2.05) is 6.92 Å². The van der Waals surface area contributed by atoms with Crippen LogP contribution in [0.5, 0.6) is 0 Å². The van der Waals surface area contributed by atoms with Crippen molar-refractivity contribution in [1.82, 2.24) is 19.9 Å². The maximum atomic E-state index is 13.0. The third-order valence-electron chi connectivity index (χ3n) is 5.58. The molecule has 0 aliphatic carbocycles. The Kier molecular flexibility index (Phi) is 7.10. The van der Waals surface area contributed by atoms with Crippen LogP contribution in [-0.4, -0.2) is 39.3 Å². The summed E-state index contributed by atoms with van der Waals surface area (Å²) in [6.07, 6.45) is 2.24. The van der Waals surface area contributed by atoms with Gasteiger partial charge in [-0.05, 0) is 43.4 Å². The fourth-order valence-corrected chi connectivity index (χ4v) is 5.47. The Balaban J connectivity index is 1.46. The van der Waals surface area contributed by atoms with Crippen molar-refractivity contribution in [2.75, 3.05) is 23.7 Å². The normalized spacial score (nSPS) is 14.8. The van der Waals surface area contributed by atoms with Crippen molar-refractivity contribution in [2.24, 2.45) is 5.92 Å². The minimum Gasteiger partial charge on any atom is -0.351 e. The summed E-state index contributed by atoms with van der Waals surface area (Å²) in [6.45, 7) is 6.82. The number of hydrogen-bond acceptors (Lipinski definition) is 7. The van der Waals surface area contributed by atoms with Gasteiger partial charge in [0.2, 0.25) is 5.91 Å². The number of carbonyl (C=O) groups is 1. The Morgan fingerprint density at radius 2 is 1.97 bits per heavy atom. The largest absolute Gasteiger partial charge is 0.351 e. The van der Waals surface area contributed by atoms with Crippen LogP contribution in [-0.2, 0) is 17.9 Å². The molecule has 32 heavy (non-hydrogen) atoms. The monoisotopic (exact) mass is 475 g/mol. The zero-order valence-electron chi connectivity index (χ0n) is 18.1. The van der Waals surface area contributed by atoms with Crippen LogP contribution in [0.2, 0.25) is 0 Å². The number of hydrogen-bond donors (Lipinski definition) is 1. The van der Waals surface area contributed by atoms with Gasteiger partial charge < -0.3 is 10.2 Å². The predicted molar refractivity (Wildman–Crippen MR) is 127 cm³/mol. The first-order chi connectivity index (χ1) is 15.4. The molecule has 10 heteroatoms. The molecule has 0 bridgehead atoms. The van der Waals surface area contributed by atoms with E-state index < -0.39 is 0 Å². The second-order valence-corrected chi connectivity index (χ2v) is 9.87. The number of fused-ring (bicyclic) bond motifs is 1. The molecule has 1 saturated heterocycles. The number of halogens is 1. The molecule has 0 atom stereocenters. The number of nitrogens with zero attached hydrogens (tertiary/aromatic N) is 4. The van der Waals surface area contributed by atoms with Gasteiger partial charge in [-0.1, -0.05) is 42.2 Å². The molecule has 1 aromatic carbocycles. The highest BCUT2D eigenvalue weighted by Crippen LogP contribution is 2.30. The Morgan fingerprint density at radius 1 is 1.25 bits per heavy atom. The van der Waals surface area contributed by atoms with E-state index in [1.54, 1.807) is 16.7 Å². The van der Waals surface area contributed by atoms with Crippen LogP contribution in [0, 0.1) is 11.7 Å². The lowest BCUT2D eigenvalue weighted by Crippen LogP contribution is -2.32. The summed E-state index contributed by atoms with van der Waals surface area (Å²) >= 11 is 2.63. The van der Waals surface area contributed by atoms with E-state index in [0.717, 1.165) is 36.6 Å². The van der Waals surface area contributed by atoms with E-state index in [9.17, 15) is 14.0 Å². The zero-order chi connectivity index (χ0) is 22.7. The quantitative estimate of drug-likeness (QED) is 0.415. The highest BCUT2D eigenvalue weighted by molar-refractivity contribution is 7.99. The van der Waals surface area contributed by atoms with Crippen molar-refractivity contribution in [1.29, 1.82) is 0 Å². The fourth-order valence-electron chi connectivity index (χ4n) is 3.58. The van der Waals surface area contributed by atoms with E-state index in [2.05, 4.69) is 27.1 Å². The Bertz CT molecular complexity index is 1150. The summed E-state index contributed by atoms with van der Waals surface area (Å²) in [4.78, 5) is 36.8. The summed E-state index contributed by atoms with van der Waals surface area (Å²) < 4.78 is 15.2. The van der Waals surface area contributed by atoms with E-state index >= 15 is 0 Å². The van der Waals surface area contributed by atoms with Crippen LogP contribution in [0.25, 0.3) is 10.3 Å². The molecular formula is C22H26FN5O2S2. The summed E-state index contributed by atoms with van der Waals surface area (Å²) in [5.74, 6) is 0.348. The maximum absolute atomic E-state index is 13.0. The smallest absolute Gasteiger partial charge is 0.273 e. The van der Waals surface area contributed by atoms with E-state index in [-0.39, 0.29) is 23.0 Å². The highest BCUT2D eigenvalue weighted by atomic mass is 32.2. The zero-order valence-corrected chi connectivity index (χ0v) is 19.8. The lowest BCUT2D eigenvalue weighted by molar-refractivity contribution is -0.118. The molecule has 3 aromatic rings. The number of rotatable bonds is 7. The molecule has 0 saturated carbocycles. The minimum atomic E-state index is -0.310. The number of thioether (sulfide) groups is 1. The maximum Gasteiger partial charge on any atom is 0.273 e.